The van der Waals surface area contributed by atoms with Gasteiger partial charge < -0.3 is 14.5 Å². The molecule has 0 aliphatic rings. The maximum Gasteiger partial charge on any atom is 0.234 e. The zero-order valence-corrected chi connectivity index (χ0v) is 17.3. The summed E-state index contributed by atoms with van der Waals surface area (Å²) in [5.41, 5.74) is 4.02. The first-order valence-electron chi connectivity index (χ1n) is 9.58. The number of anilines is 1. The summed E-state index contributed by atoms with van der Waals surface area (Å²) in [5.74, 6) is 1.26. The Bertz CT molecular complexity index is 1130. The third kappa shape index (κ3) is 4.35. The molecule has 2 heterocycles. The highest BCUT2D eigenvalue weighted by Gasteiger charge is 2.12. The summed E-state index contributed by atoms with van der Waals surface area (Å²) < 4.78 is 4.23. The van der Waals surface area contributed by atoms with E-state index in [-0.39, 0.29) is 5.91 Å². The molecular formula is C22H23N5OS. The molecule has 6 nitrogen and oxygen atoms in total. The maximum atomic E-state index is 12.4. The lowest BCUT2D eigenvalue weighted by molar-refractivity contribution is -0.113. The number of aromatic nitrogens is 4. The van der Waals surface area contributed by atoms with Crippen LogP contribution in [0.1, 0.15) is 18.3 Å². The number of nitrogens with one attached hydrogen (secondary N) is 1. The molecule has 0 bridgehead atoms. The standard InChI is InChI=1S/C22H23N5OS/c1-3-27-20-7-5-4-6-19(20)25-22(27)29-15-21(28)24-18-10-8-17(9-11-18)14-26-13-12-23-16(26)2/h4-13H,3,14-15H2,1-2H3,(H,24,28). The van der Waals surface area contributed by atoms with E-state index in [2.05, 4.69) is 37.4 Å². The van der Waals surface area contributed by atoms with Crippen molar-refractivity contribution in [1.29, 1.82) is 0 Å². The Morgan fingerprint density at radius 3 is 2.66 bits per heavy atom. The summed E-state index contributed by atoms with van der Waals surface area (Å²) in [6, 6.07) is 16.0. The Kier molecular flexibility index (Phi) is 5.67. The molecule has 0 spiro atoms. The summed E-state index contributed by atoms with van der Waals surface area (Å²) in [6.07, 6.45) is 3.76. The molecule has 7 heteroatoms. The van der Waals surface area contributed by atoms with Gasteiger partial charge in [0.1, 0.15) is 5.82 Å². The number of carbonyl (C=O) groups excluding carboxylic acids is 1. The van der Waals surface area contributed by atoms with Crippen LogP contribution in [0.5, 0.6) is 0 Å². The zero-order valence-electron chi connectivity index (χ0n) is 16.5. The quantitative estimate of drug-likeness (QED) is 0.465. The minimum Gasteiger partial charge on any atom is -0.331 e. The first-order valence-corrected chi connectivity index (χ1v) is 10.6. The summed E-state index contributed by atoms with van der Waals surface area (Å²) in [7, 11) is 0. The van der Waals surface area contributed by atoms with Gasteiger partial charge in [0.25, 0.3) is 0 Å². The molecule has 4 aromatic rings. The summed E-state index contributed by atoms with van der Waals surface area (Å²) in [6.45, 7) is 5.66. The highest BCUT2D eigenvalue weighted by Crippen LogP contribution is 2.24. The molecule has 0 aliphatic heterocycles. The van der Waals surface area contributed by atoms with Crippen LogP contribution in [0.15, 0.2) is 66.1 Å². The first-order chi connectivity index (χ1) is 14.1. The van der Waals surface area contributed by atoms with Crippen molar-refractivity contribution in [3.05, 3.63) is 72.3 Å². The Labute approximate surface area is 174 Å². The summed E-state index contributed by atoms with van der Waals surface area (Å²) in [4.78, 5) is 21.3. The smallest absolute Gasteiger partial charge is 0.234 e. The molecule has 0 atom stereocenters. The number of hydrogen-bond donors (Lipinski definition) is 1. The van der Waals surface area contributed by atoms with E-state index in [9.17, 15) is 4.79 Å². The number of imidazole rings is 2. The van der Waals surface area contributed by atoms with Crippen molar-refractivity contribution < 1.29 is 4.79 Å². The SMILES string of the molecule is CCn1c(SCC(=O)Nc2ccc(Cn3ccnc3C)cc2)nc2ccccc21. The lowest BCUT2D eigenvalue weighted by Gasteiger charge is -2.09. The van der Waals surface area contributed by atoms with E-state index in [1.165, 1.54) is 11.8 Å². The zero-order chi connectivity index (χ0) is 20.2. The monoisotopic (exact) mass is 405 g/mol. The van der Waals surface area contributed by atoms with Crippen LogP contribution in [0, 0.1) is 6.92 Å². The number of nitrogens with zero attached hydrogens (tertiary/aromatic N) is 4. The molecule has 0 fully saturated rings. The molecule has 0 aliphatic carbocycles. The van der Waals surface area contributed by atoms with Crippen LogP contribution in [0.3, 0.4) is 0 Å². The number of aryl methyl sites for hydroxylation is 2. The number of carbonyl (C=O) groups is 1. The highest BCUT2D eigenvalue weighted by molar-refractivity contribution is 7.99. The van der Waals surface area contributed by atoms with Crippen molar-refractivity contribution in [2.24, 2.45) is 0 Å². The van der Waals surface area contributed by atoms with Gasteiger partial charge in [-0.05, 0) is 43.7 Å². The molecule has 0 saturated heterocycles. The predicted octanol–water partition coefficient (Wildman–Crippen LogP) is 4.34. The molecule has 1 N–H and O–H groups in total. The molecule has 2 aromatic carbocycles. The van der Waals surface area contributed by atoms with Crippen LogP contribution in [0.25, 0.3) is 11.0 Å². The number of hydrogen-bond acceptors (Lipinski definition) is 4. The van der Waals surface area contributed by atoms with E-state index in [0.29, 0.717) is 5.75 Å². The van der Waals surface area contributed by atoms with Gasteiger partial charge >= 0.3 is 0 Å². The summed E-state index contributed by atoms with van der Waals surface area (Å²) in [5, 5.41) is 3.84. The van der Waals surface area contributed by atoms with Gasteiger partial charge in [0.05, 0.1) is 16.8 Å². The fourth-order valence-electron chi connectivity index (χ4n) is 3.26. The van der Waals surface area contributed by atoms with E-state index >= 15 is 0 Å². The number of fused-ring (bicyclic) bond motifs is 1. The van der Waals surface area contributed by atoms with E-state index in [0.717, 1.165) is 46.4 Å². The fourth-order valence-corrected chi connectivity index (χ4v) is 4.14. The Morgan fingerprint density at radius 2 is 1.93 bits per heavy atom. The van der Waals surface area contributed by atoms with Gasteiger partial charge in [0.2, 0.25) is 5.91 Å². The molecule has 0 saturated carbocycles. The van der Waals surface area contributed by atoms with Crippen molar-refractivity contribution >= 4 is 34.4 Å². The fraction of sp³-hybridized carbons (Fsp3) is 0.227. The van der Waals surface area contributed by atoms with E-state index in [1.807, 2.05) is 55.6 Å². The summed E-state index contributed by atoms with van der Waals surface area (Å²) >= 11 is 1.46. The van der Waals surface area contributed by atoms with Crippen molar-refractivity contribution in [3.8, 4) is 0 Å². The van der Waals surface area contributed by atoms with Crippen molar-refractivity contribution in [2.75, 3.05) is 11.1 Å². The predicted molar refractivity (Wildman–Crippen MR) is 117 cm³/mol. The molecule has 2 aromatic heterocycles. The molecule has 1 amide bonds. The van der Waals surface area contributed by atoms with Crippen molar-refractivity contribution in [1.82, 2.24) is 19.1 Å². The number of amides is 1. The van der Waals surface area contributed by atoms with Gasteiger partial charge in [-0.3, -0.25) is 4.79 Å². The molecule has 148 valence electrons. The highest BCUT2D eigenvalue weighted by atomic mass is 32.2. The third-order valence-corrected chi connectivity index (χ3v) is 5.76. The lowest BCUT2D eigenvalue weighted by Crippen LogP contribution is -2.14. The van der Waals surface area contributed by atoms with Gasteiger partial charge in [0.15, 0.2) is 5.16 Å². The van der Waals surface area contributed by atoms with E-state index in [1.54, 1.807) is 6.20 Å². The minimum atomic E-state index is -0.0390. The number of para-hydroxylation sites is 2. The second-order valence-electron chi connectivity index (χ2n) is 6.76. The Hall–Kier alpha value is -3.06. The number of thioether (sulfide) groups is 1. The lowest BCUT2D eigenvalue weighted by atomic mass is 10.2. The van der Waals surface area contributed by atoms with Gasteiger partial charge in [-0.15, -0.1) is 0 Å². The van der Waals surface area contributed by atoms with Gasteiger partial charge in [0, 0.05) is 31.2 Å². The minimum absolute atomic E-state index is 0.0390. The second-order valence-corrected chi connectivity index (χ2v) is 7.71. The van der Waals surface area contributed by atoms with Crippen LogP contribution in [-0.2, 0) is 17.9 Å². The van der Waals surface area contributed by atoms with Gasteiger partial charge in [-0.25, -0.2) is 9.97 Å². The Morgan fingerprint density at radius 1 is 1.14 bits per heavy atom. The molecular weight excluding hydrogens is 382 g/mol. The van der Waals surface area contributed by atoms with Crippen LogP contribution in [-0.4, -0.2) is 30.8 Å². The molecule has 0 radical (unpaired) electrons. The average molecular weight is 406 g/mol. The average Bonchev–Trinajstić information content (AvgIpc) is 3.30. The third-order valence-electron chi connectivity index (χ3n) is 4.78. The van der Waals surface area contributed by atoms with E-state index in [4.69, 9.17) is 0 Å². The number of rotatable bonds is 7. The van der Waals surface area contributed by atoms with Crippen LogP contribution in [0.4, 0.5) is 5.69 Å². The normalized spacial score (nSPS) is 11.1. The van der Waals surface area contributed by atoms with Gasteiger partial charge in [-0.2, -0.15) is 0 Å². The van der Waals surface area contributed by atoms with Crippen LogP contribution >= 0.6 is 11.8 Å². The number of benzene rings is 2. The van der Waals surface area contributed by atoms with Crippen LogP contribution < -0.4 is 5.32 Å². The van der Waals surface area contributed by atoms with Gasteiger partial charge in [-0.1, -0.05) is 36.0 Å². The van der Waals surface area contributed by atoms with E-state index < -0.39 is 0 Å². The largest absolute Gasteiger partial charge is 0.331 e. The molecule has 4 rings (SSSR count). The first kappa shape index (κ1) is 19.3. The Balaban J connectivity index is 1.36. The molecule has 29 heavy (non-hydrogen) atoms. The van der Waals surface area contributed by atoms with Crippen molar-refractivity contribution in [3.63, 3.8) is 0 Å². The second kappa shape index (κ2) is 8.53. The topological polar surface area (TPSA) is 64.7 Å². The maximum absolute atomic E-state index is 12.4. The van der Waals surface area contributed by atoms with Crippen LogP contribution in [0.2, 0.25) is 0 Å². The van der Waals surface area contributed by atoms with Crippen molar-refractivity contribution in [2.45, 2.75) is 32.1 Å². The molecule has 0 unspecified atom stereocenters.